The fourth-order valence-electron chi connectivity index (χ4n) is 0.793. The van der Waals surface area contributed by atoms with Crippen LogP contribution in [-0.2, 0) is 0 Å². The summed E-state index contributed by atoms with van der Waals surface area (Å²) in [4.78, 5) is 11.3. The molecule has 0 saturated heterocycles. The Bertz CT molecular complexity index is 335. The van der Waals surface area contributed by atoms with E-state index in [1.54, 1.807) is 12.1 Å². The van der Waals surface area contributed by atoms with Gasteiger partial charge in [-0.05, 0) is 44.0 Å². The molecule has 0 aliphatic heterocycles. The van der Waals surface area contributed by atoms with Crippen LogP contribution < -0.4 is 0 Å². The van der Waals surface area contributed by atoms with Crippen molar-refractivity contribution >= 4 is 49.2 Å². The third-order valence-electron chi connectivity index (χ3n) is 1.34. The Labute approximate surface area is 96.5 Å². The van der Waals surface area contributed by atoms with Gasteiger partial charge in [0.15, 0.2) is 0 Å². The minimum Gasteiger partial charge on any atom is -0.288 e. The number of benzene rings is 1. The molecule has 0 spiro atoms. The first kappa shape index (κ1) is 11.1. The molecule has 0 N–H and O–H groups in total. The van der Waals surface area contributed by atoms with Crippen molar-refractivity contribution in [1.29, 1.82) is 0 Å². The smallest absolute Gasteiger partial charge is 0.280 e. The number of alkyl halides is 3. The lowest BCUT2D eigenvalue weighted by atomic mass is 10.1. The van der Waals surface area contributed by atoms with Crippen LogP contribution in [0.1, 0.15) is 10.4 Å². The van der Waals surface area contributed by atoms with Crippen molar-refractivity contribution < 1.29 is 9.18 Å². The maximum absolute atomic E-state index is 13.0. The van der Waals surface area contributed by atoms with Gasteiger partial charge in [-0.2, -0.15) is 0 Å². The first-order valence-corrected chi connectivity index (χ1v) is 5.25. The normalized spacial score (nSPS) is 11.4. The number of hydrogen-bond acceptors (Lipinski definition) is 1. The van der Waals surface area contributed by atoms with Crippen LogP contribution in [0.5, 0.6) is 0 Å². The van der Waals surface area contributed by atoms with Crippen LogP contribution in [0.3, 0.4) is 0 Å². The van der Waals surface area contributed by atoms with Gasteiger partial charge in [0, 0.05) is 10.6 Å². The highest BCUT2D eigenvalue weighted by Gasteiger charge is 2.32. The molecular weight excluding hydrogens is 326 g/mol. The molecule has 70 valence electrons. The first-order valence-electron chi connectivity index (χ1n) is 3.28. The second kappa shape index (κ2) is 4.07. The van der Waals surface area contributed by atoms with Crippen LogP contribution in [-0.4, -0.2) is 9.27 Å². The Kier molecular flexibility index (Phi) is 3.49. The van der Waals surface area contributed by atoms with Gasteiger partial charge in [-0.15, -0.1) is 0 Å². The lowest BCUT2D eigenvalue weighted by Gasteiger charge is -2.08. The highest BCUT2D eigenvalue weighted by atomic mass is 79.9. The van der Waals surface area contributed by atoms with Gasteiger partial charge in [-0.3, -0.25) is 4.79 Å². The number of Topliss-reactive ketones (excluding diaryl/α,β-unsaturated/α-hetero) is 1. The van der Waals surface area contributed by atoms with Crippen molar-refractivity contribution in [3.8, 4) is 0 Å². The lowest BCUT2D eigenvalue weighted by molar-refractivity contribution is 0.0926. The molecule has 0 atom stereocenters. The average Bonchev–Trinajstić information content (AvgIpc) is 2.01. The van der Waals surface area contributed by atoms with Crippen LogP contribution in [0, 0.1) is 0 Å². The quantitative estimate of drug-likeness (QED) is 0.593. The molecule has 0 heterocycles. The second-order valence-electron chi connectivity index (χ2n) is 2.34. The predicted molar refractivity (Wildman–Crippen MR) is 57.5 cm³/mol. The molecule has 0 amide bonds. The van der Waals surface area contributed by atoms with Gasteiger partial charge >= 0.3 is 0 Å². The fourth-order valence-corrected chi connectivity index (χ4v) is 1.44. The van der Waals surface area contributed by atoms with Gasteiger partial charge in [-0.25, -0.2) is 4.39 Å². The standard InChI is InChI=1S/C8H4Br2ClFO/c9-8(10,12)7(13)5-2-1-3-6(11)4-5/h1-4H. The Morgan fingerprint density at radius 3 is 2.54 bits per heavy atom. The minimum atomic E-state index is -2.22. The van der Waals surface area contributed by atoms with E-state index < -0.39 is 9.27 Å². The van der Waals surface area contributed by atoms with Crippen LogP contribution in [0.25, 0.3) is 0 Å². The van der Waals surface area contributed by atoms with E-state index in [2.05, 4.69) is 31.9 Å². The monoisotopic (exact) mass is 328 g/mol. The summed E-state index contributed by atoms with van der Waals surface area (Å²) >= 11 is 10.8. The zero-order valence-electron chi connectivity index (χ0n) is 6.23. The van der Waals surface area contributed by atoms with Crippen molar-refractivity contribution in [1.82, 2.24) is 0 Å². The molecule has 13 heavy (non-hydrogen) atoms. The number of carbonyl (C=O) groups is 1. The van der Waals surface area contributed by atoms with Gasteiger partial charge < -0.3 is 0 Å². The van der Waals surface area contributed by atoms with Gasteiger partial charge in [0.1, 0.15) is 0 Å². The summed E-state index contributed by atoms with van der Waals surface area (Å²) in [5, 5.41) is 0.398. The molecule has 1 aromatic carbocycles. The maximum atomic E-state index is 13.0. The molecule has 0 fully saturated rings. The Balaban J connectivity index is 3.03. The van der Waals surface area contributed by atoms with E-state index in [1.165, 1.54) is 12.1 Å². The third kappa shape index (κ3) is 3.04. The number of carbonyl (C=O) groups excluding carboxylic acids is 1. The largest absolute Gasteiger partial charge is 0.288 e. The molecule has 1 rings (SSSR count). The van der Waals surface area contributed by atoms with Crippen LogP contribution >= 0.6 is 43.5 Å². The molecule has 0 aliphatic rings. The zero-order valence-corrected chi connectivity index (χ0v) is 10.2. The van der Waals surface area contributed by atoms with Gasteiger partial charge in [0.25, 0.3) is 3.49 Å². The topological polar surface area (TPSA) is 17.1 Å². The summed E-state index contributed by atoms with van der Waals surface area (Å²) in [5.74, 6) is -0.713. The lowest BCUT2D eigenvalue weighted by Crippen LogP contribution is -2.18. The van der Waals surface area contributed by atoms with Gasteiger partial charge in [0.05, 0.1) is 0 Å². The molecular formula is C8H4Br2ClFO. The van der Waals surface area contributed by atoms with E-state index >= 15 is 0 Å². The second-order valence-corrected chi connectivity index (χ2v) is 6.02. The molecule has 0 radical (unpaired) electrons. The summed E-state index contributed by atoms with van der Waals surface area (Å²) in [5.41, 5.74) is 0.212. The highest BCUT2D eigenvalue weighted by Crippen LogP contribution is 2.32. The maximum Gasteiger partial charge on any atom is 0.280 e. The molecule has 5 heteroatoms. The molecule has 0 aliphatic carbocycles. The van der Waals surface area contributed by atoms with Gasteiger partial charge in [-0.1, -0.05) is 23.7 Å². The van der Waals surface area contributed by atoms with Crippen molar-refractivity contribution in [3.05, 3.63) is 34.9 Å². The average molecular weight is 330 g/mol. The van der Waals surface area contributed by atoms with Crippen molar-refractivity contribution in [2.45, 2.75) is 3.49 Å². The summed E-state index contributed by atoms with van der Waals surface area (Å²) in [6.45, 7) is 0. The number of ketones is 1. The predicted octanol–water partition coefficient (Wildman–Crippen LogP) is 3.94. The van der Waals surface area contributed by atoms with Crippen LogP contribution in [0.4, 0.5) is 4.39 Å². The number of rotatable bonds is 2. The number of hydrogen-bond donors (Lipinski definition) is 0. The van der Waals surface area contributed by atoms with Crippen LogP contribution in [0.15, 0.2) is 24.3 Å². The van der Waals surface area contributed by atoms with E-state index in [4.69, 9.17) is 11.6 Å². The Morgan fingerprint density at radius 1 is 1.46 bits per heavy atom. The van der Waals surface area contributed by atoms with E-state index in [9.17, 15) is 9.18 Å². The van der Waals surface area contributed by atoms with Gasteiger partial charge in [0.2, 0.25) is 5.78 Å². The van der Waals surface area contributed by atoms with Crippen molar-refractivity contribution in [2.75, 3.05) is 0 Å². The molecule has 0 saturated carbocycles. The summed E-state index contributed by atoms with van der Waals surface area (Å²) in [6, 6.07) is 6.09. The number of halogens is 4. The summed E-state index contributed by atoms with van der Waals surface area (Å²) in [6.07, 6.45) is 0. The Hall–Kier alpha value is 0.0700. The molecule has 1 nitrogen and oxygen atoms in total. The van der Waals surface area contributed by atoms with E-state index in [0.717, 1.165) is 0 Å². The van der Waals surface area contributed by atoms with E-state index in [1.807, 2.05) is 0 Å². The molecule has 0 unspecified atom stereocenters. The third-order valence-corrected chi connectivity index (χ3v) is 2.30. The minimum absolute atomic E-state index is 0.212. The molecule has 1 aromatic rings. The highest BCUT2D eigenvalue weighted by molar-refractivity contribution is 9.25. The summed E-state index contributed by atoms with van der Waals surface area (Å²) in [7, 11) is 0. The van der Waals surface area contributed by atoms with Crippen LogP contribution in [0.2, 0.25) is 5.02 Å². The molecule has 0 bridgehead atoms. The van der Waals surface area contributed by atoms with E-state index in [-0.39, 0.29) is 5.56 Å². The zero-order chi connectivity index (χ0) is 10.1. The SMILES string of the molecule is O=C(c1cccc(Cl)c1)C(F)(Br)Br. The fraction of sp³-hybridized carbons (Fsp3) is 0.125. The molecule has 0 aromatic heterocycles. The van der Waals surface area contributed by atoms with Crippen molar-refractivity contribution in [3.63, 3.8) is 0 Å². The first-order chi connectivity index (χ1) is 5.91. The van der Waals surface area contributed by atoms with Crippen molar-refractivity contribution in [2.24, 2.45) is 0 Å². The summed E-state index contributed by atoms with van der Waals surface area (Å²) < 4.78 is 10.8. The van der Waals surface area contributed by atoms with E-state index in [0.29, 0.717) is 5.02 Å². The Morgan fingerprint density at radius 2 is 2.08 bits per heavy atom.